The molecule has 24 heavy (non-hydrogen) atoms. The number of aromatic nitrogens is 3. The predicted octanol–water partition coefficient (Wildman–Crippen LogP) is 4.19. The van der Waals surface area contributed by atoms with Crippen molar-refractivity contribution in [3.63, 3.8) is 0 Å². The lowest BCUT2D eigenvalue weighted by molar-refractivity contribution is 0.628. The van der Waals surface area contributed by atoms with Gasteiger partial charge in [-0.05, 0) is 50.2 Å². The zero-order valence-electron chi connectivity index (χ0n) is 13.8. The van der Waals surface area contributed by atoms with Gasteiger partial charge in [-0.3, -0.25) is 4.98 Å². The molecular weight excluding hydrogens is 303 g/mol. The van der Waals surface area contributed by atoms with Crippen LogP contribution in [0, 0.1) is 5.82 Å². The lowest BCUT2D eigenvalue weighted by atomic mass is 10.1. The van der Waals surface area contributed by atoms with Crippen molar-refractivity contribution in [1.82, 2.24) is 15.0 Å². The van der Waals surface area contributed by atoms with Crippen LogP contribution in [0.5, 0.6) is 0 Å². The topological polar surface area (TPSA) is 41.9 Å². The molecular formula is C19H19FN4. The fourth-order valence-electron chi connectivity index (χ4n) is 2.54. The van der Waals surface area contributed by atoms with Crippen molar-refractivity contribution in [2.24, 2.45) is 0 Å². The standard InChI is InChI=1S/C19H19FN4/c1-3-24(4-2)18-13-17(14-5-7-16(20)8-6-14)22-19(23-18)15-9-11-21-12-10-15/h5-13H,3-4H2,1-2H3. The molecule has 122 valence electrons. The smallest absolute Gasteiger partial charge is 0.162 e. The Morgan fingerprint density at radius 2 is 1.54 bits per heavy atom. The summed E-state index contributed by atoms with van der Waals surface area (Å²) in [6, 6.07) is 12.1. The van der Waals surface area contributed by atoms with Crippen LogP contribution >= 0.6 is 0 Å². The molecule has 1 aromatic carbocycles. The van der Waals surface area contributed by atoms with Gasteiger partial charge in [0.2, 0.25) is 0 Å². The molecule has 0 aliphatic carbocycles. The fourth-order valence-corrected chi connectivity index (χ4v) is 2.54. The van der Waals surface area contributed by atoms with E-state index in [-0.39, 0.29) is 5.82 Å². The van der Waals surface area contributed by atoms with Gasteiger partial charge >= 0.3 is 0 Å². The molecule has 0 spiro atoms. The van der Waals surface area contributed by atoms with Gasteiger partial charge in [-0.15, -0.1) is 0 Å². The summed E-state index contributed by atoms with van der Waals surface area (Å²) >= 11 is 0. The van der Waals surface area contributed by atoms with Crippen molar-refractivity contribution in [2.45, 2.75) is 13.8 Å². The van der Waals surface area contributed by atoms with Gasteiger partial charge in [0.1, 0.15) is 11.6 Å². The molecule has 0 bridgehead atoms. The predicted molar refractivity (Wildman–Crippen MR) is 94.2 cm³/mol. The second kappa shape index (κ2) is 7.17. The average molecular weight is 322 g/mol. The molecule has 2 heterocycles. The molecule has 0 atom stereocenters. The Balaban J connectivity index is 2.14. The van der Waals surface area contributed by atoms with Gasteiger partial charge in [-0.25, -0.2) is 14.4 Å². The van der Waals surface area contributed by atoms with E-state index in [4.69, 9.17) is 4.98 Å². The van der Waals surface area contributed by atoms with Crippen molar-refractivity contribution in [1.29, 1.82) is 0 Å². The Hall–Kier alpha value is -2.82. The first-order chi connectivity index (χ1) is 11.7. The minimum atomic E-state index is -0.258. The minimum absolute atomic E-state index is 0.258. The molecule has 0 radical (unpaired) electrons. The molecule has 4 nitrogen and oxygen atoms in total. The summed E-state index contributed by atoms with van der Waals surface area (Å²) in [6.45, 7) is 5.89. The first-order valence-electron chi connectivity index (χ1n) is 8.01. The van der Waals surface area contributed by atoms with E-state index in [1.54, 1.807) is 24.5 Å². The number of hydrogen-bond acceptors (Lipinski definition) is 4. The Bertz CT molecular complexity index is 799. The highest BCUT2D eigenvalue weighted by Gasteiger charge is 2.12. The quantitative estimate of drug-likeness (QED) is 0.706. The molecule has 0 unspecified atom stereocenters. The van der Waals surface area contributed by atoms with Crippen LogP contribution in [-0.2, 0) is 0 Å². The van der Waals surface area contributed by atoms with E-state index >= 15 is 0 Å². The SMILES string of the molecule is CCN(CC)c1cc(-c2ccc(F)cc2)nc(-c2ccncc2)n1. The first kappa shape index (κ1) is 16.1. The van der Waals surface area contributed by atoms with Gasteiger partial charge in [-0.1, -0.05) is 0 Å². The number of halogens is 1. The Morgan fingerprint density at radius 1 is 0.875 bits per heavy atom. The van der Waals surface area contributed by atoms with E-state index in [0.717, 1.165) is 35.7 Å². The highest BCUT2D eigenvalue weighted by Crippen LogP contribution is 2.26. The Labute approximate surface area is 141 Å². The van der Waals surface area contributed by atoms with Gasteiger partial charge in [0.15, 0.2) is 5.82 Å². The molecule has 0 amide bonds. The number of anilines is 1. The zero-order chi connectivity index (χ0) is 16.9. The van der Waals surface area contributed by atoms with Crippen LogP contribution in [0.15, 0.2) is 54.9 Å². The van der Waals surface area contributed by atoms with Crippen molar-refractivity contribution in [3.8, 4) is 22.6 Å². The highest BCUT2D eigenvalue weighted by molar-refractivity contribution is 5.67. The lowest BCUT2D eigenvalue weighted by Gasteiger charge is -2.21. The first-order valence-corrected chi connectivity index (χ1v) is 8.01. The highest BCUT2D eigenvalue weighted by atomic mass is 19.1. The lowest BCUT2D eigenvalue weighted by Crippen LogP contribution is -2.23. The average Bonchev–Trinajstić information content (AvgIpc) is 2.64. The number of rotatable bonds is 5. The Kier molecular flexibility index (Phi) is 4.79. The van der Waals surface area contributed by atoms with Gasteiger partial charge in [0.05, 0.1) is 5.69 Å². The maximum Gasteiger partial charge on any atom is 0.162 e. The number of hydrogen-bond donors (Lipinski definition) is 0. The van der Waals surface area contributed by atoms with Gasteiger partial charge < -0.3 is 4.90 Å². The van der Waals surface area contributed by atoms with E-state index in [9.17, 15) is 4.39 Å². The summed E-state index contributed by atoms with van der Waals surface area (Å²) in [5.74, 6) is 1.24. The number of nitrogens with zero attached hydrogens (tertiary/aromatic N) is 4. The molecule has 3 aromatic rings. The fraction of sp³-hybridized carbons (Fsp3) is 0.211. The molecule has 0 saturated heterocycles. The second-order valence-corrected chi connectivity index (χ2v) is 5.35. The second-order valence-electron chi connectivity index (χ2n) is 5.35. The number of benzene rings is 1. The van der Waals surface area contributed by atoms with Crippen molar-refractivity contribution in [3.05, 3.63) is 60.7 Å². The van der Waals surface area contributed by atoms with Crippen LogP contribution in [-0.4, -0.2) is 28.0 Å². The summed E-state index contributed by atoms with van der Waals surface area (Å²) in [5, 5.41) is 0. The van der Waals surface area contributed by atoms with Crippen LogP contribution in [0.4, 0.5) is 10.2 Å². The monoisotopic (exact) mass is 322 g/mol. The maximum atomic E-state index is 13.2. The summed E-state index contributed by atoms with van der Waals surface area (Å²) in [7, 11) is 0. The van der Waals surface area contributed by atoms with Crippen LogP contribution < -0.4 is 4.90 Å². The summed E-state index contributed by atoms with van der Waals surface area (Å²) in [4.78, 5) is 15.6. The molecule has 0 aliphatic heterocycles. The summed E-state index contributed by atoms with van der Waals surface area (Å²) < 4.78 is 13.2. The van der Waals surface area contributed by atoms with E-state index in [1.165, 1.54) is 12.1 Å². The van der Waals surface area contributed by atoms with Crippen molar-refractivity contribution in [2.75, 3.05) is 18.0 Å². The van der Waals surface area contributed by atoms with E-state index < -0.39 is 0 Å². The van der Waals surface area contributed by atoms with Gasteiger partial charge in [0.25, 0.3) is 0 Å². The van der Waals surface area contributed by atoms with Crippen LogP contribution in [0.1, 0.15) is 13.8 Å². The number of pyridine rings is 1. The zero-order valence-corrected chi connectivity index (χ0v) is 13.8. The maximum absolute atomic E-state index is 13.2. The van der Waals surface area contributed by atoms with Gasteiger partial charge in [-0.2, -0.15) is 0 Å². The molecule has 2 aromatic heterocycles. The van der Waals surface area contributed by atoms with E-state index in [2.05, 4.69) is 28.7 Å². The van der Waals surface area contributed by atoms with E-state index in [0.29, 0.717) is 5.82 Å². The van der Waals surface area contributed by atoms with Crippen LogP contribution in [0.25, 0.3) is 22.6 Å². The van der Waals surface area contributed by atoms with Gasteiger partial charge in [0, 0.05) is 42.7 Å². The van der Waals surface area contributed by atoms with Crippen LogP contribution in [0.3, 0.4) is 0 Å². The normalized spacial score (nSPS) is 10.6. The molecule has 0 saturated carbocycles. The van der Waals surface area contributed by atoms with E-state index in [1.807, 2.05) is 18.2 Å². The molecule has 0 N–H and O–H groups in total. The van der Waals surface area contributed by atoms with Crippen LogP contribution in [0.2, 0.25) is 0 Å². The van der Waals surface area contributed by atoms with Crippen molar-refractivity contribution < 1.29 is 4.39 Å². The minimum Gasteiger partial charge on any atom is -0.357 e. The molecule has 0 fully saturated rings. The molecule has 5 heteroatoms. The molecule has 3 rings (SSSR count). The van der Waals surface area contributed by atoms with Crippen molar-refractivity contribution >= 4 is 5.82 Å². The third kappa shape index (κ3) is 3.40. The third-order valence-electron chi connectivity index (χ3n) is 3.88. The molecule has 0 aliphatic rings. The summed E-state index contributed by atoms with van der Waals surface area (Å²) in [5.41, 5.74) is 2.54. The summed E-state index contributed by atoms with van der Waals surface area (Å²) in [6.07, 6.45) is 3.45. The third-order valence-corrected chi connectivity index (χ3v) is 3.88. The Morgan fingerprint density at radius 3 is 2.17 bits per heavy atom. The largest absolute Gasteiger partial charge is 0.357 e.